The Labute approximate surface area is 82.3 Å². The van der Waals surface area contributed by atoms with E-state index in [1.165, 1.54) is 0 Å². The van der Waals surface area contributed by atoms with Gasteiger partial charge in [0.05, 0.1) is 18.4 Å². The van der Waals surface area contributed by atoms with Crippen molar-refractivity contribution >= 4 is 11.9 Å². The molecule has 0 amide bonds. The van der Waals surface area contributed by atoms with Gasteiger partial charge < -0.3 is 9.84 Å². The predicted molar refractivity (Wildman–Crippen MR) is 47.2 cm³/mol. The van der Waals surface area contributed by atoms with E-state index in [-0.39, 0.29) is 25.9 Å². The smallest absolute Gasteiger partial charge is 0.308 e. The number of esters is 1. The molecule has 0 spiro atoms. The summed E-state index contributed by atoms with van der Waals surface area (Å²) in [4.78, 5) is 21.3. The molecule has 0 rings (SSSR count). The van der Waals surface area contributed by atoms with Crippen LogP contribution in [0.5, 0.6) is 0 Å². The summed E-state index contributed by atoms with van der Waals surface area (Å²) in [6.45, 7) is 1.68. The molecule has 0 aromatic heterocycles. The van der Waals surface area contributed by atoms with Crippen LogP contribution >= 0.6 is 0 Å². The molecule has 1 N–H and O–H groups in total. The molecule has 0 radical (unpaired) electrons. The van der Waals surface area contributed by atoms with Crippen molar-refractivity contribution < 1.29 is 19.4 Å². The lowest BCUT2D eigenvalue weighted by molar-refractivity contribution is -0.148. The lowest BCUT2D eigenvalue weighted by atomic mass is 10.1. The predicted octanol–water partition coefficient (Wildman–Crippen LogP) is 0.944. The molecule has 0 fully saturated rings. The minimum atomic E-state index is -0.929. The lowest BCUT2D eigenvalue weighted by Gasteiger charge is -2.08. The molecule has 0 saturated heterocycles. The van der Waals surface area contributed by atoms with Gasteiger partial charge >= 0.3 is 11.9 Å². The van der Waals surface area contributed by atoms with Crippen LogP contribution in [0.1, 0.15) is 26.2 Å². The number of rotatable bonds is 6. The van der Waals surface area contributed by atoms with E-state index in [0.29, 0.717) is 0 Å². The maximum absolute atomic E-state index is 11.1. The van der Waals surface area contributed by atoms with E-state index < -0.39 is 17.9 Å². The molecule has 0 aliphatic carbocycles. The second kappa shape index (κ2) is 6.89. The molecule has 0 saturated carbocycles. The van der Waals surface area contributed by atoms with Crippen molar-refractivity contribution in [2.75, 3.05) is 6.61 Å². The molecule has 1 unspecified atom stereocenters. The zero-order chi connectivity index (χ0) is 11.0. The van der Waals surface area contributed by atoms with Crippen LogP contribution < -0.4 is 0 Å². The normalized spacial score (nSPS) is 11.4. The van der Waals surface area contributed by atoms with Gasteiger partial charge in [-0.3, -0.25) is 9.59 Å². The van der Waals surface area contributed by atoms with Gasteiger partial charge in [0.2, 0.25) is 0 Å². The third-order valence-electron chi connectivity index (χ3n) is 1.65. The molecule has 0 heterocycles. The maximum Gasteiger partial charge on any atom is 0.308 e. The number of carboxylic acids is 1. The quantitative estimate of drug-likeness (QED) is 0.508. The maximum atomic E-state index is 11.1. The second-order valence-corrected chi connectivity index (χ2v) is 2.91. The Morgan fingerprint density at radius 1 is 1.57 bits per heavy atom. The summed E-state index contributed by atoms with van der Waals surface area (Å²) >= 11 is 0. The monoisotopic (exact) mass is 199 g/mol. The van der Waals surface area contributed by atoms with Crippen molar-refractivity contribution in [2.45, 2.75) is 26.2 Å². The Kier molecular flexibility index (Phi) is 6.12. The molecule has 78 valence electrons. The second-order valence-electron chi connectivity index (χ2n) is 2.91. The number of carbonyl (C=O) groups is 2. The van der Waals surface area contributed by atoms with Crippen LogP contribution in [-0.4, -0.2) is 23.7 Å². The van der Waals surface area contributed by atoms with Gasteiger partial charge in [-0.1, -0.05) is 6.92 Å². The third-order valence-corrected chi connectivity index (χ3v) is 1.65. The Bertz CT molecular complexity index is 244. The average Bonchev–Trinajstić information content (AvgIpc) is 2.14. The van der Waals surface area contributed by atoms with Crippen LogP contribution in [0.2, 0.25) is 0 Å². The van der Waals surface area contributed by atoms with Crippen LogP contribution in [0, 0.1) is 17.2 Å². The molecule has 0 aliphatic heterocycles. The molecule has 0 aromatic carbocycles. The van der Waals surface area contributed by atoms with E-state index in [0.717, 1.165) is 0 Å². The molecule has 5 heteroatoms. The molecular formula is C9H13NO4. The van der Waals surface area contributed by atoms with Gasteiger partial charge in [-0.2, -0.15) is 5.26 Å². The first kappa shape index (κ1) is 12.4. The summed E-state index contributed by atoms with van der Waals surface area (Å²) in [6.07, 6.45) is 0.382. The van der Waals surface area contributed by atoms with E-state index in [2.05, 4.69) is 0 Å². The fraction of sp³-hybridized carbons (Fsp3) is 0.667. The number of ether oxygens (including phenoxy) is 1. The Morgan fingerprint density at radius 3 is 2.71 bits per heavy atom. The van der Waals surface area contributed by atoms with Crippen LogP contribution in [0.4, 0.5) is 0 Å². The van der Waals surface area contributed by atoms with Crippen LogP contribution in [0.15, 0.2) is 0 Å². The third kappa shape index (κ3) is 6.00. The summed E-state index contributed by atoms with van der Waals surface area (Å²) in [6, 6.07) is 1.84. The summed E-state index contributed by atoms with van der Waals surface area (Å²) < 4.78 is 4.72. The Hall–Kier alpha value is -1.57. The molecular weight excluding hydrogens is 186 g/mol. The highest BCUT2D eigenvalue weighted by Gasteiger charge is 2.15. The summed E-state index contributed by atoms with van der Waals surface area (Å²) in [7, 11) is 0. The van der Waals surface area contributed by atoms with Gasteiger partial charge in [-0.15, -0.1) is 0 Å². The minimum Gasteiger partial charge on any atom is -0.481 e. The van der Waals surface area contributed by atoms with E-state index in [1.54, 1.807) is 6.92 Å². The molecule has 1 atom stereocenters. The largest absolute Gasteiger partial charge is 0.481 e. The van der Waals surface area contributed by atoms with Crippen LogP contribution in [-0.2, 0) is 14.3 Å². The number of nitriles is 1. The topological polar surface area (TPSA) is 87.4 Å². The summed E-state index contributed by atoms with van der Waals surface area (Å²) in [5, 5.41) is 16.5. The Balaban J connectivity index is 3.66. The number of hydrogen-bond donors (Lipinski definition) is 1. The fourth-order valence-corrected chi connectivity index (χ4v) is 0.797. The van der Waals surface area contributed by atoms with E-state index >= 15 is 0 Å². The number of aliphatic carboxylic acids is 1. The summed E-state index contributed by atoms with van der Waals surface area (Å²) in [5.74, 6) is -1.80. The number of carbonyl (C=O) groups excluding carboxylic acids is 1. The summed E-state index contributed by atoms with van der Waals surface area (Å²) in [5.41, 5.74) is 0. The highest BCUT2D eigenvalue weighted by atomic mass is 16.5. The zero-order valence-corrected chi connectivity index (χ0v) is 8.02. The van der Waals surface area contributed by atoms with Crippen molar-refractivity contribution in [3.05, 3.63) is 0 Å². The van der Waals surface area contributed by atoms with Crippen LogP contribution in [0.25, 0.3) is 0 Å². The van der Waals surface area contributed by atoms with Crippen molar-refractivity contribution in [1.82, 2.24) is 0 Å². The van der Waals surface area contributed by atoms with E-state index in [9.17, 15) is 9.59 Å². The van der Waals surface area contributed by atoms with Crippen molar-refractivity contribution in [2.24, 2.45) is 5.92 Å². The highest BCUT2D eigenvalue weighted by molar-refractivity contribution is 5.73. The Morgan fingerprint density at radius 2 is 2.21 bits per heavy atom. The van der Waals surface area contributed by atoms with Crippen molar-refractivity contribution in [3.8, 4) is 6.07 Å². The van der Waals surface area contributed by atoms with Crippen molar-refractivity contribution in [1.29, 1.82) is 5.26 Å². The average molecular weight is 199 g/mol. The van der Waals surface area contributed by atoms with Gasteiger partial charge in [-0.05, 0) is 6.42 Å². The number of nitrogens with zero attached hydrogens (tertiary/aromatic N) is 1. The molecule has 0 aromatic rings. The SMILES string of the molecule is CC(CCC(=O)O)C(=O)OCCC#N. The van der Waals surface area contributed by atoms with Crippen molar-refractivity contribution in [3.63, 3.8) is 0 Å². The first-order valence-electron chi connectivity index (χ1n) is 4.33. The minimum absolute atomic E-state index is 0.0471. The highest BCUT2D eigenvalue weighted by Crippen LogP contribution is 2.07. The number of carboxylic acid groups (broad SMARTS) is 1. The first-order valence-corrected chi connectivity index (χ1v) is 4.33. The first-order chi connectivity index (χ1) is 6.57. The van der Waals surface area contributed by atoms with Gasteiger partial charge in [0.25, 0.3) is 0 Å². The van der Waals surface area contributed by atoms with E-state index in [1.807, 2.05) is 6.07 Å². The fourth-order valence-electron chi connectivity index (χ4n) is 0.797. The van der Waals surface area contributed by atoms with Crippen LogP contribution in [0.3, 0.4) is 0 Å². The molecule has 14 heavy (non-hydrogen) atoms. The standard InChI is InChI=1S/C9H13NO4/c1-7(3-4-8(11)12)9(13)14-6-2-5-10/h7H,2-4,6H2,1H3,(H,11,12). The molecule has 5 nitrogen and oxygen atoms in total. The lowest BCUT2D eigenvalue weighted by Crippen LogP contribution is -2.16. The van der Waals surface area contributed by atoms with Gasteiger partial charge in [0.15, 0.2) is 0 Å². The van der Waals surface area contributed by atoms with Gasteiger partial charge in [0.1, 0.15) is 6.61 Å². The van der Waals surface area contributed by atoms with Gasteiger partial charge in [0, 0.05) is 6.42 Å². The zero-order valence-electron chi connectivity index (χ0n) is 8.02. The van der Waals surface area contributed by atoms with Gasteiger partial charge in [-0.25, -0.2) is 0 Å². The number of hydrogen-bond acceptors (Lipinski definition) is 4. The molecule has 0 aliphatic rings. The van der Waals surface area contributed by atoms with E-state index in [4.69, 9.17) is 15.1 Å². The molecule has 0 bridgehead atoms.